The molecule has 0 spiro atoms. The van der Waals surface area contributed by atoms with Crippen molar-refractivity contribution in [3.05, 3.63) is 90.0 Å². The number of ether oxygens (including phenoxy) is 2. The maximum Gasteiger partial charge on any atom is 0.336 e. The Morgan fingerprint density at radius 2 is 1.53 bits per heavy atom. The van der Waals surface area contributed by atoms with Gasteiger partial charge >= 0.3 is 5.97 Å². The van der Waals surface area contributed by atoms with Crippen LogP contribution in [0.2, 0.25) is 0 Å². The van der Waals surface area contributed by atoms with Crippen LogP contribution in [0.4, 0.5) is 0 Å². The van der Waals surface area contributed by atoms with Crippen LogP contribution >= 0.6 is 0 Å². The largest absolute Gasteiger partial charge is 0.497 e. The van der Waals surface area contributed by atoms with E-state index >= 15 is 0 Å². The van der Waals surface area contributed by atoms with Crippen molar-refractivity contribution in [3.63, 3.8) is 0 Å². The third kappa shape index (κ3) is 3.05. The highest BCUT2D eigenvalue weighted by atomic mass is 16.5. The van der Waals surface area contributed by atoms with Crippen LogP contribution in [0.1, 0.15) is 11.1 Å². The van der Waals surface area contributed by atoms with Gasteiger partial charge in [-0.2, -0.15) is 0 Å². The lowest BCUT2D eigenvalue weighted by Crippen LogP contribution is -2.05. The standard InChI is InChI=1S/C27H20O3/c1-17-23-14-11-20-5-3-4-19-9-10-21(27(23)26(19)20)16-24(17)30-25(28)15-8-18-6-12-22(29-2)13-7-18/h3-16H,1-2H3. The van der Waals surface area contributed by atoms with E-state index in [-0.39, 0.29) is 0 Å². The molecule has 5 aromatic carbocycles. The Balaban J connectivity index is 1.50. The van der Waals surface area contributed by atoms with Crippen molar-refractivity contribution in [2.24, 2.45) is 0 Å². The van der Waals surface area contributed by atoms with E-state index in [4.69, 9.17) is 9.47 Å². The van der Waals surface area contributed by atoms with E-state index < -0.39 is 5.97 Å². The third-order valence-corrected chi connectivity index (χ3v) is 5.61. The molecule has 0 aliphatic heterocycles. The Bertz CT molecular complexity index is 1400. The zero-order chi connectivity index (χ0) is 20.7. The topological polar surface area (TPSA) is 35.5 Å². The van der Waals surface area contributed by atoms with Gasteiger partial charge in [-0.05, 0) is 74.6 Å². The van der Waals surface area contributed by atoms with Gasteiger partial charge in [0.1, 0.15) is 11.5 Å². The summed E-state index contributed by atoms with van der Waals surface area (Å²) in [7, 11) is 1.63. The normalized spacial score (nSPS) is 11.7. The van der Waals surface area contributed by atoms with E-state index in [0.29, 0.717) is 5.75 Å². The van der Waals surface area contributed by atoms with Crippen molar-refractivity contribution in [1.29, 1.82) is 0 Å². The molecule has 0 aliphatic rings. The molecule has 0 heterocycles. The van der Waals surface area contributed by atoms with Crippen LogP contribution in [0.3, 0.4) is 0 Å². The summed E-state index contributed by atoms with van der Waals surface area (Å²) < 4.78 is 10.9. The molecule has 146 valence electrons. The van der Waals surface area contributed by atoms with Gasteiger partial charge in [-0.15, -0.1) is 0 Å². The lowest BCUT2D eigenvalue weighted by atomic mass is 9.92. The number of aryl methyl sites for hydroxylation is 1. The van der Waals surface area contributed by atoms with Gasteiger partial charge in [0.25, 0.3) is 0 Å². The van der Waals surface area contributed by atoms with Gasteiger partial charge in [-0.3, -0.25) is 0 Å². The van der Waals surface area contributed by atoms with Gasteiger partial charge in [-0.1, -0.05) is 54.6 Å². The molecule has 0 aromatic heterocycles. The van der Waals surface area contributed by atoms with Crippen LogP contribution in [0.5, 0.6) is 11.5 Å². The first-order valence-corrected chi connectivity index (χ1v) is 9.85. The van der Waals surface area contributed by atoms with Crippen molar-refractivity contribution in [2.75, 3.05) is 7.11 Å². The zero-order valence-electron chi connectivity index (χ0n) is 16.8. The number of benzene rings is 5. The second-order valence-electron chi connectivity index (χ2n) is 7.38. The summed E-state index contributed by atoms with van der Waals surface area (Å²) >= 11 is 0. The molecule has 3 nitrogen and oxygen atoms in total. The number of hydrogen-bond donors (Lipinski definition) is 0. The molecule has 0 unspecified atom stereocenters. The number of carbonyl (C=O) groups excluding carboxylic acids is 1. The molecule has 0 bridgehead atoms. The second-order valence-corrected chi connectivity index (χ2v) is 7.38. The van der Waals surface area contributed by atoms with E-state index in [1.165, 1.54) is 27.6 Å². The minimum Gasteiger partial charge on any atom is -0.497 e. The van der Waals surface area contributed by atoms with E-state index in [9.17, 15) is 4.79 Å². The summed E-state index contributed by atoms with van der Waals surface area (Å²) in [6, 6.07) is 24.3. The molecule has 5 aromatic rings. The molecule has 0 radical (unpaired) electrons. The first-order chi connectivity index (χ1) is 14.6. The van der Waals surface area contributed by atoms with Gasteiger partial charge in [0, 0.05) is 6.08 Å². The van der Waals surface area contributed by atoms with E-state index in [0.717, 1.165) is 27.6 Å². The van der Waals surface area contributed by atoms with Crippen molar-refractivity contribution in [3.8, 4) is 11.5 Å². The quantitative estimate of drug-likeness (QED) is 0.151. The van der Waals surface area contributed by atoms with Crippen LogP contribution in [-0.2, 0) is 4.79 Å². The molecule has 0 fully saturated rings. The van der Waals surface area contributed by atoms with Gasteiger partial charge < -0.3 is 9.47 Å². The fourth-order valence-electron chi connectivity index (χ4n) is 4.05. The Morgan fingerprint density at radius 1 is 0.833 bits per heavy atom. The van der Waals surface area contributed by atoms with Gasteiger partial charge in [-0.25, -0.2) is 4.79 Å². The summed E-state index contributed by atoms with van der Waals surface area (Å²) in [6.45, 7) is 2.00. The minimum atomic E-state index is -0.401. The molecule has 0 saturated heterocycles. The minimum absolute atomic E-state index is 0.401. The molecule has 0 saturated carbocycles. The number of hydrogen-bond acceptors (Lipinski definition) is 3. The van der Waals surface area contributed by atoms with Gasteiger partial charge in [0.2, 0.25) is 0 Å². The zero-order valence-corrected chi connectivity index (χ0v) is 16.8. The van der Waals surface area contributed by atoms with Crippen molar-refractivity contribution in [1.82, 2.24) is 0 Å². The molecule has 30 heavy (non-hydrogen) atoms. The summed E-state index contributed by atoms with van der Waals surface area (Å²) in [5, 5.41) is 7.10. The van der Waals surface area contributed by atoms with Crippen LogP contribution in [0.15, 0.2) is 78.9 Å². The summed E-state index contributed by atoms with van der Waals surface area (Å²) in [5.74, 6) is 0.964. The maximum absolute atomic E-state index is 12.5. The monoisotopic (exact) mass is 392 g/mol. The summed E-state index contributed by atoms with van der Waals surface area (Å²) in [6.07, 6.45) is 3.19. The molecule has 0 aliphatic carbocycles. The van der Waals surface area contributed by atoms with Crippen LogP contribution in [0, 0.1) is 6.92 Å². The van der Waals surface area contributed by atoms with Crippen LogP contribution in [-0.4, -0.2) is 13.1 Å². The fourth-order valence-corrected chi connectivity index (χ4v) is 4.05. The Hall–Kier alpha value is -3.85. The van der Waals surface area contributed by atoms with Crippen molar-refractivity contribution >= 4 is 44.4 Å². The Morgan fingerprint density at radius 3 is 2.27 bits per heavy atom. The second kappa shape index (κ2) is 7.20. The number of esters is 1. The van der Waals surface area contributed by atoms with Crippen LogP contribution in [0.25, 0.3) is 38.4 Å². The molecule has 0 amide bonds. The van der Waals surface area contributed by atoms with Gasteiger partial charge in [0.05, 0.1) is 7.11 Å². The third-order valence-electron chi connectivity index (χ3n) is 5.61. The van der Waals surface area contributed by atoms with E-state index in [2.05, 4.69) is 42.5 Å². The van der Waals surface area contributed by atoms with E-state index in [1.807, 2.05) is 37.3 Å². The molecular weight excluding hydrogens is 372 g/mol. The fraction of sp³-hybridized carbons (Fsp3) is 0.0741. The average molecular weight is 392 g/mol. The summed E-state index contributed by atoms with van der Waals surface area (Å²) in [4.78, 5) is 12.5. The SMILES string of the molecule is COc1ccc(C=CC(=O)Oc2cc3ccc4cccc5ccc(c2C)c3c45)cc1. The first kappa shape index (κ1) is 18.2. The predicted octanol–water partition coefficient (Wildman–Crippen LogP) is 6.52. The van der Waals surface area contributed by atoms with Crippen molar-refractivity contribution in [2.45, 2.75) is 6.92 Å². The average Bonchev–Trinajstić information content (AvgIpc) is 2.78. The Kier molecular flexibility index (Phi) is 4.36. The van der Waals surface area contributed by atoms with E-state index in [1.54, 1.807) is 13.2 Å². The highest BCUT2D eigenvalue weighted by molar-refractivity contribution is 6.24. The van der Waals surface area contributed by atoms with Crippen molar-refractivity contribution < 1.29 is 14.3 Å². The Labute approximate surface area is 174 Å². The molecular formula is C27H20O3. The van der Waals surface area contributed by atoms with Gasteiger partial charge in [0.15, 0.2) is 0 Å². The highest BCUT2D eigenvalue weighted by Crippen LogP contribution is 2.39. The molecule has 0 atom stereocenters. The molecule has 5 rings (SSSR count). The molecule has 3 heteroatoms. The number of methoxy groups -OCH3 is 1. The molecule has 0 N–H and O–H groups in total. The predicted molar refractivity (Wildman–Crippen MR) is 123 cm³/mol. The smallest absolute Gasteiger partial charge is 0.336 e. The highest BCUT2D eigenvalue weighted by Gasteiger charge is 2.14. The number of rotatable bonds is 4. The lowest BCUT2D eigenvalue weighted by molar-refractivity contribution is -0.128. The maximum atomic E-state index is 12.5. The first-order valence-electron chi connectivity index (χ1n) is 9.85. The number of carbonyl (C=O) groups is 1. The lowest BCUT2D eigenvalue weighted by Gasteiger charge is -2.15. The summed E-state index contributed by atoms with van der Waals surface area (Å²) in [5.41, 5.74) is 1.87. The van der Waals surface area contributed by atoms with Crippen LogP contribution < -0.4 is 9.47 Å².